The SMILES string of the molecule is COC1=CC2=C3N=C(c4ccncc4)C=CN3C=CC2=CC1. The van der Waals surface area contributed by atoms with E-state index in [0.29, 0.717) is 0 Å². The molecule has 0 aromatic carbocycles. The van der Waals surface area contributed by atoms with Gasteiger partial charge in [0.05, 0.1) is 12.8 Å². The monoisotopic (exact) mass is 289 g/mol. The molecular weight excluding hydrogens is 274 g/mol. The molecule has 0 amide bonds. The standard InChI is InChI=1S/C18H15N3O/c1-22-15-3-2-13-6-10-21-11-7-17(14-4-8-19-9-5-14)20-18(21)16(13)12-15/h2,4-12H,3H2,1H3. The zero-order chi connectivity index (χ0) is 14.9. The molecule has 3 heterocycles. The summed E-state index contributed by atoms with van der Waals surface area (Å²) >= 11 is 0. The van der Waals surface area contributed by atoms with Crippen LogP contribution >= 0.6 is 0 Å². The number of ether oxygens (including phenoxy) is 1. The van der Waals surface area contributed by atoms with Gasteiger partial charge in [-0.25, -0.2) is 4.99 Å². The van der Waals surface area contributed by atoms with E-state index in [0.717, 1.165) is 34.8 Å². The van der Waals surface area contributed by atoms with E-state index in [1.807, 2.05) is 35.5 Å². The summed E-state index contributed by atoms with van der Waals surface area (Å²) in [5.41, 5.74) is 4.29. The third-order valence-corrected chi connectivity index (χ3v) is 3.90. The van der Waals surface area contributed by atoms with Gasteiger partial charge in [-0.15, -0.1) is 0 Å². The fraction of sp³-hybridized carbons (Fsp3) is 0.111. The average Bonchev–Trinajstić information content (AvgIpc) is 2.61. The van der Waals surface area contributed by atoms with Gasteiger partial charge >= 0.3 is 0 Å². The second-order valence-electron chi connectivity index (χ2n) is 5.19. The van der Waals surface area contributed by atoms with Crippen molar-refractivity contribution in [3.8, 4) is 0 Å². The van der Waals surface area contributed by atoms with E-state index in [1.165, 1.54) is 5.57 Å². The molecule has 1 aliphatic carbocycles. The molecule has 1 aromatic rings. The molecule has 0 atom stereocenters. The third-order valence-electron chi connectivity index (χ3n) is 3.90. The molecule has 4 nitrogen and oxygen atoms in total. The van der Waals surface area contributed by atoms with Gasteiger partial charge in [0.1, 0.15) is 11.6 Å². The first-order valence-electron chi connectivity index (χ1n) is 7.18. The maximum absolute atomic E-state index is 5.40. The summed E-state index contributed by atoms with van der Waals surface area (Å²) in [5.74, 6) is 1.88. The van der Waals surface area contributed by atoms with Gasteiger partial charge in [0.25, 0.3) is 0 Å². The number of fused-ring (bicyclic) bond motifs is 2. The molecule has 22 heavy (non-hydrogen) atoms. The minimum absolute atomic E-state index is 0.823. The largest absolute Gasteiger partial charge is 0.501 e. The quantitative estimate of drug-likeness (QED) is 0.838. The summed E-state index contributed by atoms with van der Waals surface area (Å²) in [6.45, 7) is 0. The highest BCUT2D eigenvalue weighted by atomic mass is 16.5. The highest BCUT2D eigenvalue weighted by Crippen LogP contribution is 2.34. The Morgan fingerprint density at radius 2 is 1.95 bits per heavy atom. The van der Waals surface area contributed by atoms with Crippen molar-refractivity contribution in [2.45, 2.75) is 6.42 Å². The lowest BCUT2D eigenvalue weighted by Gasteiger charge is -2.28. The van der Waals surface area contributed by atoms with E-state index in [1.54, 1.807) is 19.5 Å². The highest BCUT2D eigenvalue weighted by molar-refractivity contribution is 6.09. The van der Waals surface area contributed by atoms with Crippen LogP contribution in [-0.2, 0) is 4.74 Å². The molecule has 108 valence electrons. The molecule has 0 saturated heterocycles. The van der Waals surface area contributed by atoms with Crippen molar-refractivity contribution in [1.82, 2.24) is 9.88 Å². The fourth-order valence-corrected chi connectivity index (χ4v) is 2.71. The van der Waals surface area contributed by atoms with Crippen LogP contribution in [0.15, 0.2) is 88.9 Å². The lowest BCUT2D eigenvalue weighted by Crippen LogP contribution is -2.20. The summed E-state index contributed by atoms with van der Waals surface area (Å²) in [4.78, 5) is 10.9. The Morgan fingerprint density at radius 3 is 2.77 bits per heavy atom. The molecule has 4 heteroatoms. The van der Waals surface area contributed by atoms with Gasteiger partial charge < -0.3 is 9.64 Å². The maximum Gasteiger partial charge on any atom is 0.145 e. The van der Waals surface area contributed by atoms with E-state index >= 15 is 0 Å². The summed E-state index contributed by atoms with van der Waals surface area (Å²) in [7, 11) is 1.71. The Morgan fingerprint density at radius 1 is 1.14 bits per heavy atom. The molecule has 2 aliphatic heterocycles. The Bertz CT molecular complexity index is 795. The topological polar surface area (TPSA) is 37.7 Å². The molecule has 3 aliphatic rings. The molecule has 0 N–H and O–H groups in total. The number of aromatic nitrogens is 1. The zero-order valence-electron chi connectivity index (χ0n) is 12.2. The lowest BCUT2D eigenvalue weighted by atomic mass is 9.95. The van der Waals surface area contributed by atoms with E-state index in [4.69, 9.17) is 9.73 Å². The Kier molecular flexibility index (Phi) is 3.00. The molecular formula is C18H15N3O. The van der Waals surface area contributed by atoms with E-state index in [9.17, 15) is 0 Å². The predicted molar refractivity (Wildman–Crippen MR) is 85.7 cm³/mol. The summed E-state index contributed by atoms with van der Waals surface area (Å²) < 4.78 is 5.40. The Hall–Kier alpha value is -2.88. The minimum atomic E-state index is 0.823. The molecule has 0 unspecified atom stereocenters. The number of rotatable bonds is 2. The van der Waals surface area contributed by atoms with Gasteiger partial charge in [-0.05, 0) is 35.9 Å². The van der Waals surface area contributed by atoms with Gasteiger partial charge in [-0.1, -0.05) is 6.08 Å². The smallest absolute Gasteiger partial charge is 0.145 e. The molecule has 1 aromatic heterocycles. The number of nitrogens with zero attached hydrogens (tertiary/aromatic N) is 3. The average molecular weight is 289 g/mol. The number of methoxy groups -OCH3 is 1. The van der Waals surface area contributed by atoms with E-state index in [-0.39, 0.29) is 0 Å². The summed E-state index contributed by atoms with van der Waals surface area (Å²) in [6.07, 6.45) is 16.8. The van der Waals surface area contributed by atoms with Crippen molar-refractivity contribution < 1.29 is 4.74 Å². The first-order valence-corrected chi connectivity index (χ1v) is 7.18. The number of aliphatic imine (C=N–C) groups is 1. The van der Waals surface area contributed by atoms with Crippen LogP contribution in [0.3, 0.4) is 0 Å². The van der Waals surface area contributed by atoms with E-state index < -0.39 is 0 Å². The van der Waals surface area contributed by atoms with Crippen LogP contribution in [0.1, 0.15) is 12.0 Å². The molecule has 0 bridgehead atoms. The van der Waals surface area contributed by atoms with Crippen molar-refractivity contribution in [1.29, 1.82) is 0 Å². The van der Waals surface area contributed by atoms with Gasteiger partial charge in [0, 0.05) is 42.4 Å². The summed E-state index contributed by atoms with van der Waals surface area (Å²) in [6, 6.07) is 3.94. The minimum Gasteiger partial charge on any atom is -0.501 e. The summed E-state index contributed by atoms with van der Waals surface area (Å²) in [5, 5.41) is 0. The Labute approximate surface area is 129 Å². The van der Waals surface area contributed by atoms with Gasteiger partial charge in [0.15, 0.2) is 0 Å². The van der Waals surface area contributed by atoms with Gasteiger partial charge in [-0.2, -0.15) is 0 Å². The van der Waals surface area contributed by atoms with Gasteiger partial charge in [-0.3, -0.25) is 4.98 Å². The predicted octanol–water partition coefficient (Wildman–Crippen LogP) is 3.30. The van der Waals surface area contributed by atoms with Crippen LogP contribution < -0.4 is 0 Å². The number of pyridine rings is 1. The van der Waals surface area contributed by atoms with Crippen LogP contribution in [-0.4, -0.2) is 22.7 Å². The maximum atomic E-state index is 5.40. The zero-order valence-corrected chi connectivity index (χ0v) is 12.2. The lowest BCUT2D eigenvalue weighted by molar-refractivity contribution is 0.283. The molecule has 0 saturated carbocycles. The third kappa shape index (κ3) is 2.09. The van der Waals surface area contributed by atoms with Crippen molar-refractivity contribution in [2.24, 2.45) is 4.99 Å². The van der Waals surface area contributed by atoms with Crippen LogP contribution in [0.5, 0.6) is 0 Å². The van der Waals surface area contributed by atoms with Crippen LogP contribution in [0.2, 0.25) is 0 Å². The molecule has 0 fully saturated rings. The van der Waals surface area contributed by atoms with Crippen LogP contribution in [0.4, 0.5) is 0 Å². The van der Waals surface area contributed by atoms with Crippen molar-refractivity contribution >= 4 is 5.71 Å². The van der Waals surface area contributed by atoms with Crippen molar-refractivity contribution in [2.75, 3.05) is 7.11 Å². The number of allylic oxidation sites excluding steroid dienone is 6. The molecule has 0 radical (unpaired) electrons. The molecule has 0 spiro atoms. The number of hydrogen-bond donors (Lipinski definition) is 0. The second kappa shape index (κ2) is 5.15. The fourth-order valence-electron chi connectivity index (χ4n) is 2.71. The first kappa shape index (κ1) is 12.8. The first-order chi connectivity index (χ1) is 10.8. The van der Waals surface area contributed by atoms with Gasteiger partial charge in [0.2, 0.25) is 0 Å². The molecule has 4 rings (SSSR count). The normalized spacial score (nSPS) is 19.1. The van der Waals surface area contributed by atoms with Crippen LogP contribution in [0, 0.1) is 0 Å². The van der Waals surface area contributed by atoms with Crippen molar-refractivity contribution in [3.63, 3.8) is 0 Å². The highest BCUT2D eigenvalue weighted by Gasteiger charge is 2.22. The Balaban J connectivity index is 1.83. The van der Waals surface area contributed by atoms with Crippen LogP contribution in [0.25, 0.3) is 0 Å². The number of hydrogen-bond acceptors (Lipinski definition) is 4. The van der Waals surface area contributed by atoms with E-state index in [2.05, 4.69) is 23.2 Å². The second-order valence-corrected chi connectivity index (χ2v) is 5.19. The van der Waals surface area contributed by atoms with Crippen molar-refractivity contribution in [3.05, 3.63) is 89.5 Å².